The summed E-state index contributed by atoms with van der Waals surface area (Å²) in [4.78, 5) is 17.9. The Balaban J connectivity index is 1.89. The van der Waals surface area contributed by atoms with E-state index in [1.54, 1.807) is 41.3 Å². The van der Waals surface area contributed by atoms with Crippen molar-refractivity contribution in [1.82, 2.24) is 9.80 Å². The van der Waals surface area contributed by atoms with Crippen molar-refractivity contribution in [2.24, 2.45) is 0 Å². The van der Waals surface area contributed by atoms with E-state index in [0.29, 0.717) is 29.8 Å². The van der Waals surface area contributed by atoms with Gasteiger partial charge < -0.3 is 9.80 Å². The van der Waals surface area contributed by atoms with Gasteiger partial charge in [0.1, 0.15) is 0 Å². The van der Waals surface area contributed by atoms with Crippen LogP contribution in [0.1, 0.15) is 92.8 Å². The first-order chi connectivity index (χ1) is 20.3. The molecule has 3 rings (SSSR count). The fourth-order valence-electron chi connectivity index (χ4n) is 5.20. The van der Waals surface area contributed by atoms with Crippen LogP contribution in [-0.2, 0) is 19.1 Å². The molecule has 1 amide bonds. The molecule has 0 fully saturated rings. The van der Waals surface area contributed by atoms with E-state index in [4.69, 9.17) is 0 Å². The predicted octanol–water partition coefficient (Wildman–Crippen LogP) is 9.65. The Kier molecular flexibility index (Phi) is 13.6. The van der Waals surface area contributed by atoms with Crippen molar-refractivity contribution in [3.05, 3.63) is 95.1 Å². The van der Waals surface area contributed by atoms with Crippen LogP contribution in [0.4, 0.5) is 13.2 Å². The summed E-state index contributed by atoms with van der Waals surface area (Å²) in [6.45, 7) is 9.67. The minimum Gasteiger partial charge on any atom is -0.333 e. The second kappa shape index (κ2) is 17.1. The van der Waals surface area contributed by atoms with Gasteiger partial charge in [0.2, 0.25) is 0 Å². The molecule has 0 saturated heterocycles. The third kappa shape index (κ3) is 10.3. The molecule has 0 bridgehead atoms. The molecular formula is C36H47F3N2O. The van der Waals surface area contributed by atoms with Crippen LogP contribution in [0, 0.1) is 0 Å². The normalized spacial score (nSPS) is 11.7. The van der Waals surface area contributed by atoms with E-state index in [2.05, 4.69) is 25.7 Å². The molecule has 6 heteroatoms. The van der Waals surface area contributed by atoms with Crippen LogP contribution in [0.3, 0.4) is 0 Å². The highest BCUT2D eigenvalue weighted by Crippen LogP contribution is 2.38. The second-order valence-corrected chi connectivity index (χ2v) is 11.2. The van der Waals surface area contributed by atoms with Crippen LogP contribution in [-0.4, -0.2) is 41.9 Å². The first-order valence-corrected chi connectivity index (χ1v) is 15.6. The number of rotatable bonds is 17. The van der Waals surface area contributed by atoms with Crippen molar-refractivity contribution in [1.29, 1.82) is 0 Å². The van der Waals surface area contributed by atoms with E-state index in [-0.39, 0.29) is 18.0 Å². The zero-order valence-electron chi connectivity index (χ0n) is 25.6. The van der Waals surface area contributed by atoms with Crippen LogP contribution in [0.5, 0.6) is 0 Å². The summed E-state index contributed by atoms with van der Waals surface area (Å²) in [5, 5.41) is 0. The molecule has 0 atom stereocenters. The summed E-state index contributed by atoms with van der Waals surface area (Å²) in [5.74, 6) is -0.151. The molecule has 3 nitrogen and oxygen atoms in total. The number of alkyl halides is 3. The lowest BCUT2D eigenvalue weighted by Gasteiger charge is -2.28. The zero-order chi connectivity index (χ0) is 30.4. The smallest absolute Gasteiger partial charge is 0.333 e. The van der Waals surface area contributed by atoms with Crippen molar-refractivity contribution < 1.29 is 18.0 Å². The number of carbonyl (C=O) groups is 1. The molecule has 0 saturated carbocycles. The van der Waals surface area contributed by atoms with Crippen LogP contribution in [0.2, 0.25) is 0 Å². The molecule has 0 aliphatic rings. The number of hydrogen-bond acceptors (Lipinski definition) is 2. The zero-order valence-corrected chi connectivity index (χ0v) is 25.6. The predicted molar refractivity (Wildman–Crippen MR) is 168 cm³/mol. The molecule has 0 aliphatic carbocycles. The highest BCUT2D eigenvalue weighted by atomic mass is 19.4. The molecule has 0 spiro atoms. The fraction of sp³-hybridized carbons (Fsp3) is 0.472. The number of unbranched alkanes of at least 4 members (excludes halogenated alkanes) is 4. The lowest BCUT2D eigenvalue weighted by Crippen LogP contribution is -2.39. The molecule has 3 aromatic carbocycles. The van der Waals surface area contributed by atoms with Crippen LogP contribution < -0.4 is 0 Å². The van der Waals surface area contributed by atoms with Gasteiger partial charge in [-0.15, -0.1) is 0 Å². The van der Waals surface area contributed by atoms with E-state index in [9.17, 15) is 18.0 Å². The van der Waals surface area contributed by atoms with Gasteiger partial charge in [-0.25, -0.2) is 0 Å². The van der Waals surface area contributed by atoms with Gasteiger partial charge >= 0.3 is 6.18 Å². The summed E-state index contributed by atoms with van der Waals surface area (Å²) < 4.78 is 42.7. The molecule has 0 N–H and O–H groups in total. The summed E-state index contributed by atoms with van der Waals surface area (Å²) >= 11 is 0. The van der Waals surface area contributed by atoms with Crippen molar-refractivity contribution in [2.45, 2.75) is 84.9 Å². The molecule has 228 valence electrons. The van der Waals surface area contributed by atoms with Crippen LogP contribution >= 0.6 is 0 Å². The number of nitrogens with zero attached hydrogens (tertiary/aromatic N) is 2. The molecule has 0 unspecified atom stereocenters. The number of carbonyl (C=O) groups excluding carboxylic acids is 1. The van der Waals surface area contributed by atoms with Gasteiger partial charge in [0, 0.05) is 25.2 Å². The molecule has 0 radical (unpaired) electrons. The van der Waals surface area contributed by atoms with Crippen molar-refractivity contribution in [3.63, 3.8) is 0 Å². The van der Waals surface area contributed by atoms with Gasteiger partial charge in [-0.2, -0.15) is 13.2 Å². The second-order valence-electron chi connectivity index (χ2n) is 11.2. The van der Waals surface area contributed by atoms with Crippen molar-refractivity contribution in [3.8, 4) is 11.1 Å². The SMILES string of the molecule is CCCCCc1ccc(C(=O)N(CCN(CCCC)CCCC)Cc2ccc(-c3ccccc3)c(C(F)(F)F)c2)cc1. The number of amides is 1. The van der Waals surface area contributed by atoms with Gasteiger partial charge in [0.25, 0.3) is 5.91 Å². The Morgan fingerprint density at radius 2 is 1.31 bits per heavy atom. The Hall–Kier alpha value is -3.12. The molecule has 3 aromatic rings. The van der Waals surface area contributed by atoms with Crippen molar-refractivity contribution >= 4 is 5.91 Å². The maximum absolute atomic E-state index is 14.2. The third-order valence-corrected chi connectivity index (χ3v) is 7.75. The van der Waals surface area contributed by atoms with E-state index in [1.807, 2.05) is 24.3 Å². The maximum atomic E-state index is 14.2. The van der Waals surface area contributed by atoms with E-state index in [1.165, 1.54) is 24.1 Å². The number of aryl methyl sites for hydroxylation is 1. The first kappa shape index (κ1) is 33.4. The van der Waals surface area contributed by atoms with Crippen LogP contribution in [0.15, 0.2) is 72.8 Å². The monoisotopic (exact) mass is 580 g/mol. The molecule has 0 aliphatic heterocycles. The molecule has 0 aromatic heterocycles. The third-order valence-electron chi connectivity index (χ3n) is 7.75. The molecular weight excluding hydrogens is 533 g/mol. The minimum atomic E-state index is -4.51. The maximum Gasteiger partial charge on any atom is 0.417 e. The van der Waals surface area contributed by atoms with E-state index >= 15 is 0 Å². The van der Waals surface area contributed by atoms with Gasteiger partial charge in [-0.05, 0) is 79.2 Å². The fourth-order valence-corrected chi connectivity index (χ4v) is 5.20. The van der Waals surface area contributed by atoms with Crippen molar-refractivity contribution in [2.75, 3.05) is 26.2 Å². The largest absolute Gasteiger partial charge is 0.417 e. The van der Waals surface area contributed by atoms with Crippen LogP contribution in [0.25, 0.3) is 11.1 Å². The van der Waals surface area contributed by atoms with E-state index < -0.39 is 11.7 Å². The average Bonchev–Trinajstić information content (AvgIpc) is 3.00. The number of halogens is 3. The Morgan fingerprint density at radius 1 is 0.690 bits per heavy atom. The summed E-state index contributed by atoms with van der Waals surface area (Å²) in [5.41, 5.74) is 2.23. The number of benzene rings is 3. The quantitative estimate of drug-likeness (QED) is 0.148. The standard InChI is InChI=1S/C36H47F3N2O/c1-4-7-11-14-29-17-20-32(21-18-29)35(42)41(26-25-40(23-8-5-2)24-9-6-3)28-30-19-22-33(31-15-12-10-13-16-31)34(27-30)36(37,38)39/h10,12-13,15-22,27H,4-9,11,14,23-26,28H2,1-3H3. The van der Waals surface area contributed by atoms with Gasteiger partial charge in [-0.1, -0.05) is 101 Å². The van der Waals surface area contributed by atoms with Gasteiger partial charge in [0.15, 0.2) is 0 Å². The lowest BCUT2D eigenvalue weighted by molar-refractivity contribution is -0.137. The molecule has 0 heterocycles. The van der Waals surface area contributed by atoms with Gasteiger partial charge in [-0.3, -0.25) is 4.79 Å². The molecule has 42 heavy (non-hydrogen) atoms. The topological polar surface area (TPSA) is 23.6 Å². The van der Waals surface area contributed by atoms with Gasteiger partial charge in [0.05, 0.1) is 5.56 Å². The highest BCUT2D eigenvalue weighted by molar-refractivity contribution is 5.94. The Bertz CT molecular complexity index is 1200. The minimum absolute atomic E-state index is 0.116. The Labute approximate surface area is 250 Å². The first-order valence-electron chi connectivity index (χ1n) is 15.6. The summed E-state index contributed by atoms with van der Waals surface area (Å²) in [6, 6.07) is 20.9. The summed E-state index contributed by atoms with van der Waals surface area (Å²) in [6.07, 6.45) is 4.23. The lowest BCUT2D eigenvalue weighted by atomic mass is 9.97. The summed E-state index contributed by atoms with van der Waals surface area (Å²) in [7, 11) is 0. The van der Waals surface area contributed by atoms with E-state index in [0.717, 1.165) is 58.0 Å². The highest BCUT2D eigenvalue weighted by Gasteiger charge is 2.34. The number of hydrogen-bond donors (Lipinski definition) is 0. The average molecular weight is 581 g/mol. The Morgan fingerprint density at radius 3 is 1.90 bits per heavy atom.